The zero-order valence-corrected chi connectivity index (χ0v) is 10.8. The molecule has 0 atom stereocenters. The molecule has 94 valence electrons. The molecule has 2 rings (SSSR count). The van der Waals surface area contributed by atoms with Crippen LogP contribution in [-0.4, -0.2) is 33.8 Å². The van der Waals surface area contributed by atoms with Gasteiger partial charge in [-0.25, -0.2) is 8.42 Å². The van der Waals surface area contributed by atoms with E-state index < -0.39 is 10.0 Å². The van der Waals surface area contributed by atoms with Crippen molar-refractivity contribution < 1.29 is 8.42 Å². The zero-order chi connectivity index (χ0) is 12.3. The molecule has 1 aliphatic rings. The minimum Gasteiger partial charge on any atom is -0.313 e. The van der Waals surface area contributed by atoms with E-state index in [1.54, 1.807) is 19.2 Å². The van der Waals surface area contributed by atoms with E-state index in [0.29, 0.717) is 18.3 Å². The molecule has 1 saturated carbocycles. The summed E-state index contributed by atoms with van der Waals surface area (Å²) in [5.41, 5.74) is 0.707. The molecule has 1 fully saturated rings. The van der Waals surface area contributed by atoms with Gasteiger partial charge in [0.2, 0.25) is 10.0 Å². The lowest BCUT2D eigenvalue weighted by molar-refractivity contribution is 0.589. The number of para-hydroxylation sites is 1. The largest absolute Gasteiger partial charge is 0.313 e. The van der Waals surface area contributed by atoms with Crippen molar-refractivity contribution >= 4 is 15.7 Å². The molecule has 0 aromatic heterocycles. The number of anilines is 1. The summed E-state index contributed by atoms with van der Waals surface area (Å²) in [4.78, 5) is 0. The van der Waals surface area contributed by atoms with Gasteiger partial charge in [-0.15, -0.1) is 0 Å². The van der Waals surface area contributed by atoms with E-state index >= 15 is 0 Å². The minimum absolute atomic E-state index is 0.148. The van der Waals surface area contributed by atoms with Crippen molar-refractivity contribution in [1.29, 1.82) is 0 Å². The highest BCUT2D eigenvalue weighted by atomic mass is 32.2. The number of sulfonamides is 1. The molecule has 4 nitrogen and oxygen atoms in total. The molecule has 1 aliphatic carbocycles. The van der Waals surface area contributed by atoms with Gasteiger partial charge in [0.05, 0.1) is 11.4 Å². The van der Waals surface area contributed by atoms with Gasteiger partial charge in [0.15, 0.2) is 0 Å². The zero-order valence-electron chi connectivity index (χ0n) is 9.96. The van der Waals surface area contributed by atoms with Crippen molar-refractivity contribution in [3.05, 3.63) is 30.3 Å². The Balaban J connectivity index is 1.94. The van der Waals surface area contributed by atoms with Gasteiger partial charge in [-0.2, -0.15) is 0 Å². The second kappa shape index (κ2) is 5.06. The Kier molecular flexibility index (Phi) is 3.69. The molecule has 1 N–H and O–H groups in total. The highest BCUT2D eigenvalue weighted by molar-refractivity contribution is 7.92. The minimum atomic E-state index is -3.21. The molecule has 0 bridgehead atoms. The first-order valence-electron chi connectivity index (χ1n) is 5.84. The fourth-order valence-corrected chi connectivity index (χ4v) is 2.71. The Hall–Kier alpha value is -1.07. The molecule has 0 spiro atoms. The summed E-state index contributed by atoms with van der Waals surface area (Å²) in [6.45, 7) is 0.532. The number of rotatable bonds is 6. The first-order chi connectivity index (χ1) is 8.09. The SMILES string of the molecule is CN(c1ccccc1)S(=O)(=O)CCNC1CC1. The van der Waals surface area contributed by atoms with Crippen LogP contribution in [0.15, 0.2) is 30.3 Å². The molecule has 0 heterocycles. The quantitative estimate of drug-likeness (QED) is 0.830. The highest BCUT2D eigenvalue weighted by Crippen LogP contribution is 2.19. The van der Waals surface area contributed by atoms with Crippen LogP contribution < -0.4 is 9.62 Å². The van der Waals surface area contributed by atoms with Gasteiger partial charge >= 0.3 is 0 Å². The first-order valence-corrected chi connectivity index (χ1v) is 7.45. The maximum Gasteiger partial charge on any atom is 0.236 e. The van der Waals surface area contributed by atoms with E-state index in [9.17, 15) is 8.42 Å². The predicted molar refractivity (Wildman–Crippen MR) is 69.7 cm³/mol. The van der Waals surface area contributed by atoms with Gasteiger partial charge in [0.1, 0.15) is 0 Å². The monoisotopic (exact) mass is 254 g/mol. The third-order valence-corrected chi connectivity index (χ3v) is 4.67. The molecule has 0 saturated heterocycles. The fraction of sp³-hybridized carbons (Fsp3) is 0.500. The maximum absolute atomic E-state index is 12.0. The maximum atomic E-state index is 12.0. The second-order valence-corrected chi connectivity index (χ2v) is 6.47. The van der Waals surface area contributed by atoms with Crippen molar-refractivity contribution in [1.82, 2.24) is 5.32 Å². The Labute approximate surface area is 103 Å². The van der Waals surface area contributed by atoms with E-state index in [4.69, 9.17) is 0 Å². The lowest BCUT2D eigenvalue weighted by Gasteiger charge is -2.19. The number of benzene rings is 1. The lowest BCUT2D eigenvalue weighted by Crippen LogP contribution is -2.34. The topological polar surface area (TPSA) is 49.4 Å². The molecule has 0 unspecified atom stereocenters. The van der Waals surface area contributed by atoms with Crippen LogP contribution >= 0.6 is 0 Å². The lowest BCUT2D eigenvalue weighted by atomic mass is 10.3. The van der Waals surface area contributed by atoms with Crippen LogP contribution in [0.2, 0.25) is 0 Å². The van der Waals surface area contributed by atoms with Crippen molar-refractivity contribution in [2.24, 2.45) is 0 Å². The van der Waals surface area contributed by atoms with Crippen molar-refractivity contribution in [3.63, 3.8) is 0 Å². The summed E-state index contributed by atoms with van der Waals surface area (Å²) in [6.07, 6.45) is 2.35. The third-order valence-electron chi connectivity index (χ3n) is 2.91. The summed E-state index contributed by atoms with van der Waals surface area (Å²) in [5, 5.41) is 3.21. The molecule has 0 radical (unpaired) electrons. The normalized spacial score (nSPS) is 15.8. The van der Waals surface area contributed by atoms with Gasteiger partial charge in [-0.05, 0) is 25.0 Å². The number of hydrogen-bond donors (Lipinski definition) is 1. The van der Waals surface area contributed by atoms with Crippen LogP contribution in [0.3, 0.4) is 0 Å². The smallest absolute Gasteiger partial charge is 0.236 e. The van der Waals surface area contributed by atoms with Crippen molar-refractivity contribution in [3.8, 4) is 0 Å². The molecular formula is C12H18N2O2S. The second-order valence-electron chi connectivity index (χ2n) is 4.35. The van der Waals surface area contributed by atoms with Crippen LogP contribution in [0.5, 0.6) is 0 Å². The predicted octanol–water partition coefficient (Wildman–Crippen LogP) is 1.20. The molecular weight excluding hydrogens is 236 g/mol. The van der Waals surface area contributed by atoms with Crippen LogP contribution in [0, 0.1) is 0 Å². The van der Waals surface area contributed by atoms with E-state index in [1.165, 1.54) is 17.1 Å². The number of hydrogen-bond acceptors (Lipinski definition) is 3. The average Bonchev–Trinajstić information content (AvgIpc) is 3.13. The van der Waals surface area contributed by atoms with E-state index in [-0.39, 0.29) is 5.75 Å². The summed E-state index contributed by atoms with van der Waals surface area (Å²) in [5.74, 6) is 0.148. The summed E-state index contributed by atoms with van der Waals surface area (Å²) < 4.78 is 25.4. The number of nitrogens with one attached hydrogen (secondary N) is 1. The van der Waals surface area contributed by atoms with Gasteiger partial charge in [-0.3, -0.25) is 4.31 Å². The van der Waals surface area contributed by atoms with Crippen LogP contribution in [-0.2, 0) is 10.0 Å². The van der Waals surface area contributed by atoms with Gasteiger partial charge in [0, 0.05) is 19.6 Å². The van der Waals surface area contributed by atoms with E-state index in [1.807, 2.05) is 18.2 Å². The van der Waals surface area contributed by atoms with Gasteiger partial charge in [-0.1, -0.05) is 18.2 Å². The van der Waals surface area contributed by atoms with Crippen LogP contribution in [0.25, 0.3) is 0 Å². The molecule has 0 aliphatic heterocycles. The number of nitrogens with zero attached hydrogens (tertiary/aromatic N) is 1. The molecule has 17 heavy (non-hydrogen) atoms. The van der Waals surface area contributed by atoms with Crippen LogP contribution in [0.4, 0.5) is 5.69 Å². The first kappa shape index (κ1) is 12.4. The van der Waals surface area contributed by atoms with Crippen molar-refractivity contribution in [2.45, 2.75) is 18.9 Å². The summed E-state index contributed by atoms with van der Waals surface area (Å²) in [7, 11) is -1.61. The van der Waals surface area contributed by atoms with E-state index in [2.05, 4.69) is 5.32 Å². The van der Waals surface area contributed by atoms with Gasteiger partial charge in [0.25, 0.3) is 0 Å². The Morgan fingerprint density at radius 1 is 1.29 bits per heavy atom. The van der Waals surface area contributed by atoms with Crippen molar-refractivity contribution in [2.75, 3.05) is 23.7 Å². The standard InChI is InChI=1S/C12H18N2O2S/c1-14(12-5-3-2-4-6-12)17(15,16)10-9-13-11-7-8-11/h2-6,11,13H,7-10H2,1H3. The van der Waals surface area contributed by atoms with E-state index in [0.717, 1.165) is 0 Å². The average molecular weight is 254 g/mol. The Bertz CT molecular complexity index is 455. The highest BCUT2D eigenvalue weighted by Gasteiger charge is 2.22. The van der Waals surface area contributed by atoms with Crippen LogP contribution in [0.1, 0.15) is 12.8 Å². The van der Waals surface area contributed by atoms with Gasteiger partial charge < -0.3 is 5.32 Å². The molecule has 1 aromatic rings. The molecule has 0 amide bonds. The third kappa shape index (κ3) is 3.44. The fourth-order valence-electron chi connectivity index (χ4n) is 1.61. The summed E-state index contributed by atoms with van der Waals surface area (Å²) in [6, 6.07) is 9.69. The Morgan fingerprint density at radius 2 is 1.94 bits per heavy atom. The summed E-state index contributed by atoms with van der Waals surface area (Å²) >= 11 is 0. The molecule has 1 aromatic carbocycles. The molecule has 5 heteroatoms. The Morgan fingerprint density at radius 3 is 2.53 bits per heavy atom.